The van der Waals surface area contributed by atoms with Crippen LogP contribution in [-0.4, -0.2) is 25.8 Å². The molecule has 0 aliphatic carbocycles. The number of sulfonamides is 1. The summed E-state index contributed by atoms with van der Waals surface area (Å²) < 4.78 is 26.9. The number of thiophene rings is 1. The highest BCUT2D eigenvalue weighted by atomic mass is 79.9. The minimum absolute atomic E-state index is 0.00958. The van der Waals surface area contributed by atoms with E-state index in [-0.39, 0.29) is 10.3 Å². The van der Waals surface area contributed by atoms with Crippen LogP contribution in [0.1, 0.15) is 26.7 Å². The molecule has 7 heteroatoms. The molecule has 1 aromatic rings. The second kappa shape index (κ2) is 6.02. The van der Waals surface area contributed by atoms with Crippen LogP contribution in [0.4, 0.5) is 0 Å². The van der Waals surface area contributed by atoms with Gasteiger partial charge in [-0.25, -0.2) is 8.42 Å². The molecule has 1 heterocycles. The number of halogens is 2. The third kappa shape index (κ3) is 3.44. The zero-order valence-electron chi connectivity index (χ0n) is 9.91. The van der Waals surface area contributed by atoms with Crippen molar-refractivity contribution in [1.82, 2.24) is 4.31 Å². The highest BCUT2D eigenvalue weighted by Crippen LogP contribution is 2.36. The first kappa shape index (κ1) is 15.4. The molecule has 0 N–H and O–H groups in total. The van der Waals surface area contributed by atoms with Crippen molar-refractivity contribution in [2.45, 2.75) is 36.9 Å². The van der Waals surface area contributed by atoms with Crippen molar-refractivity contribution in [3.05, 3.63) is 14.9 Å². The molecular weight excluding hydrogens is 346 g/mol. The third-order valence-corrected chi connectivity index (χ3v) is 7.48. The van der Waals surface area contributed by atoms with Gasteiger partial charge in [0, 0.05) is 13.1 Å². The Labute approximate surface area is 120 Å². The Balaban J connectivity index is 3.02. The summed E-state index contributed by atoms with van der Waals surface area (Å²) in [7, 11) is -1.82. The second-order valence-electron chi connectivity index (χ2n) is 3.85. The van der Waals surface area contributed by atoms with E-state index in [1.165, 1.54) is 10.4 Å². The number of nitrogens with zero attached hydrogens (tertiary/aromatic N) is 1. The zero-order valence-corrected chi connectivity index (χ0v) is 13.9. The molecule has 0 fully saturated rings. The van der Waals surface area contributed by atoms with Gasteiger partial charge in [0.15, 0.2) is 0 Å². The van der Waals surface area contributed by atoms with E-state index in [1.807, 2.05) is 13.8 Å². The van der Waals surface area contributed by atoms with Crippen molar-refractivity contribution >= 4 is 48.9 Å². The van der Waals surface area contributed by atoms with Crippen molar-refractivity contribution in [2.24, 2.45) is 0 Å². The van der Waals surface area contributed by atoms with Gasteiger partial charge in [-0.1, -0.05) is 24.9 Å². The highest BCUT2D eigenvalue weighted by molar-refractivity contribution is 9.11. The van der Waals surface area contributed by atoms with Crippen molar-refractivity contribution in [3.8, 4) is 0 Å². The summed E-state index contributed by atoms with van der Waals surface area (Å²) in [5, 5.41) is 0.435. The van der Waals surface area contributed by atoms with E-state index in [2.05, 4.69) is 15.9 Å². The number of rotatable bonds is 5. The molecule has 17 heavy (non-hydrogen) atoms. The summed E-state index contributed by atoms with van der Waals surface area (Å²) in [4.78, 5) is 0. The summed E-state index contributed by atoms with van der Waals surface area (Å²) in [5.41, 5.74) is 0. The van der Waals surface area contributed by atoms with Gasteiger partial charge in [-0.2, -0.15) is 4.31 Å². The number of hydrogen-bond donors (Lipinski definition) is 0. The molecule has 3 nitrogen and oxygen atoms in total. The fraction of sp³-hybridized carbons (Fsp3) is 0.600. The number of hydrogen-bond acceptors (Lipinski definition) is 3. The molecule has 1 rings (SSSR count). The lowest BCUT2D eigenvalue weighted by Crippen LogP contribution is -2.34. The molecule has 0 aliphatic heterocycles. The van der Waals surface area contributed by atoms with E-state index < -0.39 is 10.0 Å². The Bertz CT molecular complexity index is 467. The minimum Gasteiger partial charge on any atom is -0.206 e. The van der Waals surface area contributed by atoms with Crippen LogP contribution in [0.3, 0.4) is 0 Å². The maximum Gasteiger partial charge on any atom is 0.252 e. The van der Waals surface area contributed by atoms with Crippen molar-refractivity contribution in [3.63, 3.8) is 0 Å². The monoisotopic (exact) mass is 359 g/mol. The van der Waals surface area contributed by atoms with Crippen LogP contribution in [0, 0.1) is 0 Å². The predicted octanol–water partition coefficient (Wildman–Crippen LogP) is 3.97. The molecular formula is C10H15BrClNO2S2. The Morgan fingerprint density at radius 2 is 2.18 bits per heavy atom. The van der Waals surface area contributed by atoms with Crippen molar-refractivity contribution < 1.29 is 8.42 Å². The third-order valence-electron chi connectivity index (χ3n) is 2.58. The van der Waals surface area contributed by atoms with Gasteiger partial charge >= 0.3 is 0 Å². The molecule has 0 spiro atoms. The normalized spacial score (nSPS) is 14.2. The molecule has 0 aliphatic rings. The van der Waals surface area contributed by atoms with Gasteiger partial charge in [0.1, 0.15) is 4.21 Å². The summed E-state index contributed by atoms with van der Waals surface area (Å²) in [6, 6.07) is 1.48. The standard InChI is InChI=1S/C10H15BrClNO2S2/c1-4-5-7(2)13(3)17(14,15)9-6-8(12)10(11)16-9/h6-7H,4-5H2,1-3H3. The van der Waals surface area contributed by atoms with Crippen LogP contribution in [0.2, 0.25) is 5.02 Å². The highest BCUT2D eigenvalue weighted by Gasteiger charge is 2.27. The minimum atomic E-state index is -3.42. The quantitative estimate of drug-likeness (QED) is 0.796. The van der Waals surface area contributed by atoms with Crippen LogP contribution >= 0.6 is 38.9 Å². The fourth-order valence-electron chi connectivity index (χ4n) is 1.43. The summed E-state index contributed by atoms with van der Waals surface area (Å²) in [6.45, 7) is 3.95. The summed E-state index contributed by atoms with van der Waals surface area (Å²) in [6.07, 6.45) is 1.80. The first-order valence-corrected chi connectivity index (χ1v) is 8.66. The Morgan fingerprint density at radius 3 is 2.59 bits per heavy atom. The van der Waals surface area contributed by atoms with E-state index in [1.54, 1.807) is 7.05 Å². The molecule has 1 unspecified atom stereocenters. The van der Waals surface area contributed by atoms with Crippen LogP contribution in [0.25, 0.3) is 0 Å². The first-order chi connectivity index (χ1) is 7.80. The lowest BCUT2D eigenvalue weighted by Gasteiger charge is -2.23. The maximum atomic E-state index is 12.3. The summed E-state index contributed by atoms with van der Waals surface area (Å²) >= 11 is 10.2. The average molecular weight is 361 g/mol. The Kier molecular flexibility index (Phi) is 5.46. The molecule has 1 atom stereocenters. The van der Waals surface area contributed by atoms with Gasteiger partial charge in [-0.3, -0.25) is 0 Å². The Morgan fingerprint density at radius 1 is 1.59 bits per heavy atom. The molecule has 1 aromatic heterocycles. The van der Waals surface area contributed by atoms with Crippen LogP contribution in [0.15, 0.2) is 14.1 Å². The fourth-order valence-corrected chi connectivity index (χ4v) is 5.41. The summed E-state index contributed by atoms with van der Waals surface area (Å²) in [5.74, 6) is 0. The molecule has 0 radical (unpaired) electrons. The molecule has 0 amide bonds. The Hall–Kier alpha value is 0.380. The van der Waals surface area contributed by atoms with Crippen LogP contribution < -0.4 is 0 Å². The lowest BCUT2D eigenvalue weighted by molar-refractivity contribution is 0.369. The van der Waals surface area contributed by atoms with E-state index >= 15 is 0 Å². The smallest absolute Gasteiger partial charge is 0.206 e. The van der Waals surface area contributed by atoms with Gasteiger partial charge in [-0.05, 0) is 35.3 Å². The average Bonchev–Trinajstić information content (AvgIpc) is 2.59. The van der Waals surface area contributed by atoms with E-state index in [4.69, 9.17) is 11.6 Å². The van der Waals surface area contributed by atoms with Gasteiger partial charge < -0.3 is 0 Å². The van der Waals surface area contributed by atoms with E-state index in [0.29, 0.717) is 8.81 Å². The molecule has 0 bridgehead atoms. The topological polar surface area (TPSA) is 37.4 Å². The van der Waals surface area contributed by atoms with Gasteiger partial charge in [-0.15, -0.1) is 11.3 Å². The SMILES string of the molecule is CCCC(C)N(C)S(=O)(=O)c1cc(Cl)c(Br)s1. The zero-order chi connectivity index (χ0) is 13.2. The van der Waals surface area contributed by atoms with Gasteiger partial charge in [0.2, 0.25) is 0 Å². The molecule has 0 aromatic carbocycles. The largest absolute Gasteiger partial charge is 0.252 e. The predicted molar refractivity (Wildman–Crippen MR) is 76.3 cm³/mol. The van der Waals surface area contributed by atoms with E-state index in [0.717, 1.165) is 24.2 Å². The van der Waals surface area contributed by atoms with Crippen LogP contribution in [-0.2, 0) is 10.0 Å². The van der Waals surface area contributed by atoms with Gasteiger partial charge in [0.05, 0.1) is 8.81 Å². The first-order valence-electron chi connectivity index (χ1n) is 5.23. The maximum absolute atomic E-state index is 12.3. The molecule has 0 saturated heterocycles. The second-order valence-corrected chi connectivity index (χ2v) is 8.85. The van der Waals surface area contributed by atoms with Gasteiger partial charge in [0.25, 0.3) is 10.0 Å². The van der Waals surface area contributed by atoms with Crippen LogP contribution in [0.5, 0.6) is 0 Å². The molecule has 0 saturated carbocycles. The van der Waals surface area contributed by atoms with E-state index in [9.17, 15) is 8.42 Å². The molecule has 98 valence electrons. The lowest BCUT2D eigenvalue weighted by atomic mass is 10.2. The van der Waals surface area contributed by atoms with Crippen molar-refractivity contribution in [1.29, 1.82) is 0 Å². The van der Waals surface area contributed by atoms with Crippen molar-refractivity contribution in [2.75, 3.05) is 7.05 Å².